The Kier molecular flexibility index (Phi) is 9.02. The lowest BCUT2D eigenvalue weighted by molar-refractivity contribution is -0.123. The van der Waals surface area contributed by atoms with Gasteiger partial charge in [0.15, 0.2) is 11.5 Å². The van der Waals surface area contributed by atoms with Crippen LogP contribution in [0.2, 0.25) is 0 Å². The van der Waals surface area contributed by atoms with Crippen molar-refractivity contribution < 1.29 is 19.1 Å². The van der Waals surface area contributed by atoms with Crippen LogP contribution in [0.3, 0.4) is 0 Å². The number of primary amides is 1. The lowest BCUT2D eigenvalue weighted by Crippen LogP contribution is -2.40. The van der Waals surface area contributed by atoms with Crippen molar-refractivity contribution in [3.63, 3.8) is 0 Å². The molecule has 1 aliphatic rings. The Balaban J connectivity index is 1.73. The van der Waals surface area contributed by atoms with Crippen molar-refractivity contribution in [2.75, 3.05) is 25.1 Å². The van der Waals surface area contributed by atoms with Crippen LogP contribution in [-0.4, -0.2) is 42.6 Å². The lowest BCUT2D eigenvalue weighted by Gasteiger charge is -2.20. The van der Waals surface area contributed by atoms with Gasteiger partial charge >= 0.3 is 0 Å². The molecule has 0 aliphatic carbocycles. The standard InChI is InChI=1S/C29H37N5O4/c1-4-20-18(16-33-29(36)23-11-8-12-31-23)9-7-10-22(20)34-28-19(13-27(30)35)17-32-24-15-26(38-6-3)25(37-5-2)14-21(24)28/h7,9-10,14-15,17,23,31H,4-6,8,11-13,16H2,1-3H3,(H2,30,35)(H,32,34)(H,33,36)/t23-/m1/s1. The first-order valence-corrected chi connectivity index (χ1v) is 13.3. The van der Waals surface area contributed by atoms with E-state index in [4.69, 9.17) is 15.2 Å². The molecule has 38 heavy (non-hydrogen) atoms. The van der Waals surface area contributed by atoms with Gasteiger partial charge in [-0.05, 0) is 62.9 Å². The summed E-state index contributed by atoms with van der Waals surface area (Å²) < 4.78 is 11.7. The first-order valence-electron chi connectivity index (χ1n) is 13.3. The molecule has 1 fully saturated rings. The summed E-state index contributed by atoms with van der Waals surface area (Å²) in [6.45, 7) is 8.21. The molecule has 0 radical (unpaired) electrons. The van der Waals surface area contributed by atoms with E-state index in [2.05, 4.69) is 27.9 Å². The molecule has 3 aromatic rings. The Morgan fingerprint density at radius 1 is 1.11 bits per heavy atom. The van der Waals surface area contributed by atoms with Gasteiger partial charge in [0.1, 0.15) is 0 Å². The van der Waals surface area contributed by atoms with Gasteiger partial charge in [0.2, 0.25) is 11.8 Å². The summed E-state index contributed by atoms with van der Waals surface area (Å²) in [6.07, 6.45) is 4.34. The average molecular weight is 520 g/mol. The molecule has 1 atom stereocenters. The topological polar surface area (TPSA) is 128 Å². The van der Waals surface area contributed by atoms with E-state index in [-0.39, 0.29) is 18.4 Å². The summed E-state index contributed by atoms with van der Waals surface area (Å²) in [5, 5.41) is 10.7. The number of nitrogens with two attached hydrogens (primary N) is 1. The van der Waals surface area contributed by atoms with Crippen molar-refractivity contribution >= 4 is 34.1 Å². The predicted molar refractivity (Wildman–Crippen MR) is 149 cm³/mol. The monoisotopic (exact) mass is 519 g/mol. The van der Waals surface area contributed by atoms with E-state index in [9.17, 15) is 9.59 Å². The molecule has 202 valence electrons. The highest BCUT2D eigenvalue weighted by molar-refractivity contribution is 5.98. The molecule has 9 nitrogen and oxygen atoms in total. The van der Waals surface area contributed by atoms with Crippen LogP contribution in [0.25, 0.3) is 10.9 Å². The highest BCUT2D eigenvalue weighted by Gasteiger charge is 2.22. The van der Waals surface area contributed by atoms with E-state index in [1.54, 1.807) is 6.20 Å². The highest BCUT2D eigenvalue weighted by atomic mass is 16.5. The lowest BCUT2D eigenvalue weighted by atomic mass is 10.0. The van der Waals surface area contributed by atoms with Crippen LogP contribution in [-0.2, 0) is 29.0 Å². The third kappa shape index (κ3) is 6.16. The zero-order valence-corrected chi connectivity index (χ0v) is 22.4. The number of carbonyl (C=O) groups excluding carboxylic acids is 2. The van der Waals surface area contributed by atoms with Crippen LogP contribution < -0.4 is 31.2 Å². The Morgan fingerprint density at radius 2 is 1.87 bits per heavy atom. The maximum Gasteiger partial charge on any atom is 0.237 e. The van der Waals surface area contributed by atoms with Crippen LogP contribution in [0.15, 0.2) is 36.5 Å². The number of benzene rings is 2. The zero-order valence-electron chi connectivity index (χ0n) is 22.4. The smallest absolute Gasteiger partial charge is 0.237 e. The molecule has 9 heteroatoms. The van der Waals surface area contributed by atoms with Crippen LogP contribution in [0.1, 0.15) is 50.3 Å². The molecule has 4 rings (SSSR count). The van der Waals surface area contributed by atoms with E-state index in [1.807, 2.05) is 44.2 Å². The Bertz CT molecular complexity index is 1300. The molecule has 1 aromatic heterocycles. The minimum Gasteiger partial charge on any atom is -0.490 e. The summed E-state index contributed by atoms with van der Waals surface area (Å²) >= 11 is 0. The fourth-order valence-corrected chi connectivity index (χ4v) is 4.93. The van der Waals surface area contributed by atoms with Crippen LogP contribution in [0.5, 0.6) is 11.5 Å². The van der Waals surface area contributed by atoms with Crippen molar-refractivity contribution in [3.8, 4) is 11.5 Å². The highest BCUT2D eigenvalue weighted by Crippen LogP contribution is 2.38. The van der Waals surface area contributed by atoms with Gasteiger partial charge in [-0.3, -0.25) is 14.6 Å². The van der Waals surface area contributed by atoms with Crippen molar-refractivity contribution in [1.29, 1.82) is 0 Å². The fourth-order valence-electron chi connectivity index (χ4n) is 4.93. The van der Waals surface area contributed by atoms with E-state index >= 15 is 0 Å². The van der Waals surface area contributed by atoms with Gasteiger partial charge in [-0.2, -0.15) is 0 Å². The van der Waals surface area contributed by atoms with E-state index in [1.165, 1.54) is 0 Å². The molecule has 2 heterocycles. The predicted octanol–water partition coefficient (Wildman–Crippen LogP) is 3.73. The number of pyridine rings is 1. The largest absolute Gasteiger partial charge is 0.490 e. The Hall–Kier alpha value is -3.85. The molecule has 0 saturated carbocycles. The first-order chi connectivity index (χ1) is 18.4. The normalized spacial score (nSPS) is 14.9. The number of hydrogen-bond donors (Lipinski definition) is 4. The molecule has 2 amide bonds. The average Bonchev–Trinajstić information content (AvgIpc) is 3.44. The number of rotatable bonds is 12. The van der Waals surface area contributed by atoms with E-state index in [0.717, 1.165) is 53.7 Å². The third-order valence-electron chi connectivity index (χ3n) is 6.69. The molecule has 0 unspecified atom stereocenters. The summed E-state index contributed by atoms with van der Waals surface area (Å²) in [5.41, 5.74) is 10.7. The van der Waals surface area contributed by atoms with Crippen LogP contribution >= 0.6 is 0 Å². The number of fused-ring (bicyclic) bond motifs is 1. The summed E-state index contributed by atoms with van der Waals surface area (Å²) in [6, 6.07) is 9.62. The quantitative estimate of drug-likeness (QED) is 0.287. The summed E-state index contributed by atoms with van der Waals surface area (Å²) in [4.78, 5) is 29.1. The maximum absolute atomic E-state index is 12.6. The first kappa shape index (κ1) is 27.2. The summed E-state index contributed by atoms with van der Waals surface area (Å²) in [7, 11) is 0. The third-order valence-corrected chi connectivity index (χ3v) is 6.69. The number of anilines is 2. The van der Waals surface area contributed by atoms with Crippen molar-refractivity contribution in [3.05, 3.63) is 53.2 Å². The number of nitrogens with zero attached hydrogens (tertiary/aromatic N) is 1. The Labute approximate surface area is 223 Å². The number of aromatic nitrogens is 1. The fraction of sp³-hybridized carbons (Fsp3) is 0.414. The molecular formula is C29H37N5O4. The van der Waals surface area contributed by atoms with Crippen molar-refractivity contribution in [2.24, 2.45) is 5.73 Å². The SMILES string of the molecule is CCOc1cc2ncc(CC(N)=O)c(Nc3cccc(CNC(=O)[C@H]4CCCN4)c3CC)c2cc1OCC. The number of nitrogens with one attached hydrogen (secondary N) is 3. The molecule has 0 bridgehead atoms. The van der Waals surface area contributed by atoms with Gasteiger partial charge in [-0.25, -0.2) is 0 Å². The number of amides is 2. The number of carbonyl (C=O) groups is 2. The minimum atomic E-state index is -0.446. The van der Waals surface area contributed by atoms with E-state index in [0.29, 0.717) is 42.3 Å². The molecule has 1 saturated heterocycles. The van der Waals surface area contributed by atoms with Crippen LogP contribution in [0, 0.1) is 0 Å². The second-order valence-electron chi connectivity index (χ2n) is 9.27. The van der Waals surface area contributed by atoms with Gasteiger partial charge in [0.25, 0.3) is 0 Å². The number of hydrogen-bond acceptors (Lipinski definition) is 7. The van der Waals surface area contributed by atoms with Crippen molar-refractivity contribution in [1.82, 2.24) is 15.6 Å². The maximum atomic E-state index is 12.6. The van der Waals surface area contributed by atoms with Gasteiger partial charge in [0.05, 0.1) is 36.9 Å². The minimum absolute atomic E-state index is 0.0281. The molecule has 1 aliphatic heterocycles. The number of ether oxygens (including phenoxy) is 2. The van der Waals surface area contributed by atoms with Gasteiger partial charge < -0.3 is 31.2 Å². The molecule has 2 aromatic carbocycles. The molecular weight excluding hydrogens is 482 g/mol. The summed E-state index contributed by atoms with van der Waals surface area (Å²) in [5.74, 6) is 0.806. The molecule has 5 N–H and O–H groups in total. The molecule has 0 spiro atoms. The van der Waals surface area contributed by atoms with Crippen molar-refractivity contribution in [2.45, 2.75) is 59.0 Å². The van der Waals surface area contributed by atoms with Gasteiger partial charge in [-0.1, -0.05) is 19.1 Å². The second-order valence-corrected chi connectivity index (χ2v) is 9.27. The van der Waals surface area contributed by atoms with E-state index < -0.39 is 5.91 Å². The second kappa shape index (κ2) is 12.6. The van der Waals surface area contributed by atoms with Crippen LogP contribution in [0.4, 0.5) is 11.4 Å². The van der Waals surface area contributed by atoms with Gasteiger partial charge in [-0.15, -0.1) is 0 Å². The van der Waals surface area contributed by atoms with Gasteiger partial charge in [0, 0.05) is 35.4 Å². The Morgan fingerprint density at radius 3 is 2.53 bits per heavy atom. The zero-order chi connectivity index (χ0) is 27.1.